The summed E-state index contributed by atoms with van der Waals surface area (Å²) >= 11 is 12.2. The maximum Gasteiger partial charge on any atom is 0.222 e. The molecule has 0 aliphatic carbocycles. The van der Waals surface area contributed by atoms with Gasteiger partial charge in [0.2, 0.25) is 5.95 Å². The number of nitrogens with two attached hydrogens (primary N) is 2. The van der Waals surface area contributed by atoms with Gasteiger partial charge in [0.1, 0.15) is 5.82 Å². The fourth-order valence-corrected chi connectivity index (χ4v) is 3.35. The summed E-state index contributed by atoms with van der Waals surface area (Å²) in [5.74, 6) is 0.518. The van der Waals surface area contributed by atoms with Crippen LogP contribution in [0.4, 0.5) is 11.8 Å². The zero-order valence-corrected chi connectivity index (χ0v) is 14.2. The molecule has 4 N–H and O–H groups in total. The van der Waals surface area contributed by atoms with Crippen molar-refractivity contribution in [2.45, 2.75) is 0 Å². The molecule has 120 valence electrons. The van der Waals surface area contributed by atoms with Crippen LogP contribution in [-0.4, -0.2) is 14.5 Å². The Hall–Kier alpha value is -2.50. The maximum atomic E-state index is 6.19. The van der Waals surface area contributed by atoms with Crippen LogP contribution in [0.5, 0.6) is 0 Å². The molecule has 0 atom stereocenters. The van der Waals surface area contributed by atoms with Gasteiger partial charge < -0.3 is 16.0 Å². The zero-order valence-electron chi connectivity index (χ0n) is 12.7. The minimum atomic E-state index is 0.148. The first-order chi connectivity index (χ1) is 11.5. The molecule has 0 bridgehead atoms. The average molecular weight is 358 g/mol. The highest BCUT2D eigenvalue weighted by Crippen LogP contribution is 2.38. The Morgan fingerprint density at radius 3 is 2.54 bits per heavy atom. The summed E-state index contributed by atoms with van der Waals surface area (Å²) in [6.45, 7) is 0. The number of nitrogen functional groups attached to an aromatic ring is 2. The summed E-state index contributed by atoms with van der Waals surface area (Å²) in [4.78, 5) is 8.43. The van der Waals surface area contributed by atoms with Crippen molar-refractivity contribution in [2.24, 2.45) is 7.05 Å². The van der Waals surface area contributed by atoms with E-state index >= 15 is 0 Å². The lowest BCUT2D eigenvalue weighted by Crippen LogP contribution is -2.01. The van der Waals surface area contributed by atoms with Crippen LogP contribution in [-0.2, 0) is 7.05 Å². The van der Waals surface area contributed by atoms with Gasteiger partial charge in [0, 0.05) is 24.2 Å². The molecule has 0 aliphatic rings. The molecule has 0 unspecified atom stereocenters. The van der Waals surface area contributed by atoms with E-state index in [0.717, 1.165) is 27.4 Å². The van der Waals surface area contributed by atoms with Gasteiger partial charge in [-0.15, -0.1) is 0 Å². The summed E-state index contributed by atoms with van der Waals surface area (Å²) in [6.07, 6.45) is 1.97. The Morgan fingerprint density at radius 1 is 1.00 bits per heavy atom. The highest BCUT2D eigenvalue weighted by molar-refractivity contribution is 6.42. The van der Waals surface area contributed by atoms with Crippen molar-refractivity contribution in [1.82, 2.24) is 14.5 Å². The van der Waals surface area contributed by atoms with E-state index < -0.39 is 0 Å². The molecule has 4 rings (SSSR count). The molecule has 0 saturated heterocycles. The quantitative estimate of drug-likeness (QED) is 0.533. The molecule has 0 aliphatic heterocycles. The molecule has 4 aromatic rings. The van der Waals surface area contributed by atoms with Gasteiger partial charge in [0.05, 0.1) is 26.5 Å². The molecule has 0 radical (unpaired) electrons. The van der Waals surface area contributed by atoms with Crippen LogP contribution in [0.2, 0.25) is 10.0 Å². The van der Waals surface area contributed by atoms with Crippen molar-refractivity contribution in [3.05, 3.63) is 46.6 Å². The lowest BCUT2D eigenvalue weighted by molar-refractivity contribution is 0.970. The highest BCUT2D eigenvalue weighted by atomic mass is 35.5. The molecule has 2 heterocycles. The van der Waals surface area contributed by atoms with Crippen LogP contribution < -0.4 is 11.5 Å². The fourth-order valence-electron chi connectivity index (χ4n) is 3.05. The highest BCUT2D eigenvalue weighted by Gasteiger charge is 2.16. The third-order valence-corrected chi connectivity index (χ3v) is 4.83. The Kier molecular flexibility index (Phi) is 3.30. The number of fused-ring (bicyclic) bond motifs is 3. The van der Waals surface area contributed by atoms with E-state index in [9.17, 15) is 0 Å². The molecule has 0 saturated carbocycles. The van der Waals surface area contributed by atoms with Gasteiger partial charge in [-0.25, -0.2) is 4.98 Å². The Bertz CT molecular complexity index is 1120. The van der Waals surface area contributed by atoms with Crippen LogP contribution >= 0.6 is 23.2 Å². The van der Waals surface area contributed by atoms with Gasteiger partial charge in [-0.05, 0) is 29.8 Å². The molecule has 7 heteroatoms. The van der Waals surface area contributed by atoms with Gasteiger partial charge in [0.25, 0.3) is 0 Å². The van der Waals surface area contributed by atoms with Crippen molar-refractivity contribution < 1.29 is 0 Å². The SMILES string of the molecule is Cn1ccc2c3c(N)nc(N)nc3cc(-c3ccc(Cl)c(Cl)c3)c21. The van der Waals surface area contributed by atoms with E-state index in [4.69, 9.17) is 34.7 Å². The van der Waals surface area contributed by atoms with Crippen molar-refractivity contribution in [1.29, 1.82) is 0 Å². The molecule has 24 heavy (non-hydrogen) atoms. The molecular formula is C17H13Cl2N5. The minimum absolute atomic E-state index is 0.148. The second-order valence-electron chi connectivity index (χ2n) is 5.60. The largest absolute Gasteiger partial charge is 0.383 e. The molecule has 2 aromatic carbocycles. The lowest BCUT2D eigenvalue weighted by atomic mass is 10.00. The van der Waals surface area contributed by atoms with Crippen molar-refractivity contribution in [3.8, 4) is 11.1 Å². The molecule has 0 fully saturated rings. The fraction of sp³-hybridized carbons (Fsp3) is 0.0588. The van der Waals surface area contributed by atoms with Gasteiger partial charge in [0.15, 0.2) is 0 Å². The summed E-state index contributed by atoms with van der Waals surface area (Å²) in [7, 11) is 1.98. The van der Waals surface area contributed by atoms with Crippen molar-refractivity contribution in [2.75, 3.05) is 11.5 Å². The van der Waals surface area contributed by atoms with Gasteiger partial charge in [-0.1, -0.05) is 29.3 Å². The Morgan fingerprint density at radius 2 is 1.79 bits per heavy atom. The van der Waals surface area contributed by atoms with E-state index in [1.54, 1.807) is 6.07 Å². The number of anilines is 2. The lowest BCUT2D eigenvalue weighted by Gasteiger charge is -2.11. The third-order valence-electron chi connectivity index (χ3n) is 4.09. The number of benzene rings is 2. The summed E-state index contributed by atoms with van der Waals surface area (Å²) in [5, 5.41) is 2.77. The van der Waals surface area contributed by atoms with Crippen LogP contribution in [0.15, 0.2) is 36.5 Å². The van der Waals surface area contributed by atoms with E-state index in [1.807, 2.05) is 42.1 Å². The maximum absolute atomic E-state index is 6.19. The van der Waals surface area contributed by atoms with Crippen molar-refractivity contribution >= 4 is 56.8 Å². The number of halogens is 2. The second-order valence-corrected chi connectivity index (χ2v) is 6.42. The Labute approximate surface area is 147 Å². The predicted octanol–water partition coefficient (Wildman–Crippen LogP) is 4.26. The van der Waals surface area contributed by atoms with E-state index in [1.165, 1.54) is 0 Å². The molecule has 0 spiro atoms. The van der Waals surface area contributed by atoms with Gasteiger partial charge in [-0.2, -0.15) is 4.98 Å². The number of rotatable bonds is 1. The first kappa shape index (κ1) is 15.1. The van der Waals surface area contributed by atoms with E-state index in [0.29, 0.717) is 21.4 Å². The molecule has 0 amide bonds. The number of hydrogen-bond donors (Lipinski definition) is 2. The van der Waals surface area contributed by atoms with Crippen LogP contribution in [0.25, 0.3) is 32.9 Å². The monoisotopic (exact) mass is 357 g/mol. The first-order valence-corrected chi connectivity index (χ1v) is 7.97. The van der Waals surface area contributed by atoms with E-state index in [2.05, 4.69) is 9.97 Å². The first-order valence-electron chi connectivity index (χ1n) is 7.22. The van der Waals surface area contributed by atoms with E-state index in [-0.39, 0.29) is 5.95 Å². The van der Waals surface area contributed by atoms with Crippen LogP contribution in [0.1, 0.15) is 0 Å². The van der Waals surface area contributed by atoms with Crippen LogP contribution in [0, 0.1) is 0 Å². The smallest absolute Gasteiger partial charge is 0.222 e. The topological polar surface area (TPSA) is 82.8 Å². The second kappa shape index (κ2) is 5.26. The standard InChI is InChI=1S/C17H13Cl2N5/c1-24-5-4-9-14-13(22-17(21)23-16(14)20)7-10(15(9)24)8-2-3-11(18)12(19)6-8/h2-7H,1H3,(H4,20,21,22,23). The van der Waals surface area contributed by atoms with Gasteiger partial charge >= 0.3 is 0 Å². The van der Waals surface area contributed by atoms with Crippen molar-refractivity contribution in [3.63, 3.8) is 0 Å². The molecule has 5 nitrogen and oxygen atoms in total. The molecule has 2 aromatic heterocycles. The third kappa shape index (κ3) is 2.17. The number of aryl methyl sites for hydroxylation is 1. The van der Waals surface area contributed by atoms with Crippen LogP contribution in [0.3, 0.4) is 0 Å². The number of hydrogen-bond acceptors (Lipinski definition) is 4. The minimum Gasteiger partial charge on any atom is -0.383 e. The number of aromatic nitrogens is 3. The number of nitrogens with zero attached hydrogens (tertiary/aromatic N) is 3. The predicted molar refractivity (Wildman–Crippen MR) is 100 cm³/mol. The summed E-state index contributed by atoms with van der Waals surface area (Å²) in [5.41, 5.74) is 15.5. The summed E-state index contributed by atoms with van der Waals surface area (Å²) < 4.78 is 2.03. The summed E-state index contributed by atoms with van der Waals surface area (Å²) in [6, 6.07) is 9.49. The molecular weight excluding hydrogens is 345 g/mol. The average Bonchev–Trinajstić information content (AvgIpc) is 2.90. The zero-order chi connectivity index (χ0) is 17.0. The normalized spacial score (nSPS) is 11.5. The Balaban J connectivity index is 2.17. The van der Waals surface area contributed by atoms with Gasteiger partial charge in [-0.3, -0.25) is 0 Å².